The molecule has 0 heterocycles. The van der Waals surface area contributed by atoms with Crippen molar-refractivity contribution in [2.75, 3.05) is 7.11 Å². The molecule has 0 saturated carbocycles. The summed E-state index contributed by atoms with van der Waals surface area (Å²) in [4.78, 5) is 0. The van der Waals surface area contributed by atoms with Gasteiger partial charge in [0.05, 0.1) is 7.11 Å². The summed E-state index contributed by atoms with van der Waals surface area (Å²) in [5.74, 6) is 1.69. The van der Waals surface area contributed by atoms with Gasteiger partial charge in [-0.3, -0.25) is 0 Å². The molecule has 0 radical (unpaired) electrons. The lowest BCUT2D eigenvalue weighted by atomic mass is 10.1. The summed E-state index contributed by atoms with van der Waals surface area (Å²) < 4.78 is 11.0. The van der Waals surface area contributed by atoms with Gasteiger partial charge >= 0.3 is 0 Å². The fraction of sp³-hybridized carbons (Fsp3) is 0.250. The molecular weight excluding hydrogens is 254 g/mol. The molecule has 0 aliphatic rings. The van der Waals surface area contributed by atoms with Crippen LogP contribution >= 0.6 is 0 Å². The zero-order valence-corrected chi connectivity index (χ0v) is 11.7. The van der Waals surface area contributed by atoms with E-state index in [-0.39, 0.29) is 11.8 Å². The molecule has 2 aromatic rings. The predicted octanol–water partition coefficient (Wildman–Crippen LogP) is 3.00. The highest BCUT2D eigenvalue weighted by Gasteiger charge is 2.10. The summed E-state index contributed by atoms with van der Waals surface area (Å²) in [5, 5.41) is 9.25. The normalized spacial score (nSPS) is 11.9. The van der Waals surface area contributed by atoms with Gasteiger partial charge in [0.25, 0.3) is 0 Å². The smallest absolute Gasteiger partial charge is 0.128 e. The van der Waals surface area contributed by atoms with Gasteiger partial charge < -0.3 is 20.3 Å². The third-order valence-electron chi connectivity index (χ3n) is 3.04. The minimum absolute atomic E-state index is 0.115. The minimum Gasteiger partial charge on any atom is -0.508 e. The maximum atomic E-state index is 9.25. The largest absolute Gasteiger partial charge is 0.508 e. The van der Waals surface area contributed by atoms with Crippen LogP contribution in [-0.4, -0.2) is 12.2 Å². The van der Waals surface area contributed by atoms with Crippen LogP contribution in [0.15, 0.2) is 42.5 Å². The van der Waals surface area contributed by atoms with E-state index in [4.69, 9.17) is 15.2 Å². The number of hydrogen-bond donors (Lipinski definition) is 2. The SMILES string of the molecule is COc1ccc([C@H](C)N)c(OCc2ccc(O)cc2)c1. The summed E-state index contributed by atoms with van der Waals surface area (Å²) >= 11 is 0. The Bertz CT molecular complexity index is 564. The summed E-state index contributed by atoms with van der Waals surface area (Å²) in [7, 11) is 1.62. The molecule has 0 saturated heterocycles. The van der Waals surface area contributed by atoms with Gasteiger partial charge in [0.2, 0.25) is 0 Å². The van der Waals surface area contributed by atoms with Crippen LogP contribution < -0.4 is 15.2 Å². The minimum atomic E-state index is -0.115. The molecule has 0 amide bonds. The van der Waals surface area contributed by atoms with Crippen molar-refractivity contribution in [3.63, 3.8) is 0 Å². The van der Waals surface area contributed by atoms with Gasteiger partial charge in [-0.1, -0.05) is 18.2 Å². The molecule has 4 nitrogen and oxygen atoms in total. The maximum Gasteiger partial charge on any atom is 0.128 e. The Labute approximate surface area is 118 Å². The average Bonchev–Trinajstić information content (AvgIpc) is 2.46. The van der Waals surface area contributed by atoms with Crippen LogP contribution in [0.25, 0.3) is 0 Å². The monoisotopic (exact) mass is 273 g/mol. The van der Waals surface area contributed by atoms with Crippen molar-refractivity contribution < 1.29 is 14.6 Å². The van der Waals surface area contributed by atoms with Gasteiger partial charge in [0.15, 0.2) is 0 Å². The Morgan fingerprint density at radius 2 is 1.85 bits per heavy atom. The highest BCUT2D eigenvalue weighted by Crippen LogP contribution is 2.29. The Balaban J connectivity index is 2.16. The second-order valence-electron chi connectivity index (χ2n) is 4.65. The van der Waals surface area contributed by atoms with Crippen LogP contribution in [0.4, 0.5) is 0 Å². The Morgan fingerprint density at radius 3 is 2.45 bits per heavy atom. The molecule has 0 bridgehead atoms. The Kier molecular flexibility index (Phi) is 4.48. The van der Waals surface area contributed by atoms with E-state index in [0.29, 0.717) is 12.4 Å². The van der Waals surface area contributed by atoms with Gasteiger partial charge in [-0.25, -0.2) is 0 Å². The molecule has 0 aliphatic heterocycles. The van der Waals surface area contributed by atoms with Crippen molar-refractivity contribution in [3.05, 3.63) is 53.6 Å². The van der Waals surface area contributed by atoms with Gasteiger partial charge in [-0.05, 0) is 30.7 Å². The molecule has 0 fully saturated rings. The van der Waals surface area contributed by atoms with Crippen LogP contribution in [-0.2, 0) is 6.61 Å². The highest BCUT2D eigenvalue weighted by molar-refractivity contribution is 5.42. The predicted molar refractivity (Wildman–Crippen MR) is 78.0 cm³/mol. The van der Waals surface area contributed by atoms with Gasteiger partial charge in [-0.2, -0.15) is 0 Å². The molecule has 2 aromatic carbocycles. The van der Waals surface area contributed by atoms with Crippen LogP contribution in [0, 0.1) is 0 Å². The van der Waals surface area contributed by atoms with E-state index >= 15 is 0 Å². The lowest BCUT2D eigenvalue weighted by molar-refractivity contribution is 0.298. The first-order valence-corrected chi connectivity index (χ1v) is 6.44. The van der Waals surface area contributed by atoms with E-state index in [2.05, 4.69) is 0 Å². The first-order chi connectivity index (χ1) is 9.60. The number of aromatic hydroxyl groups is 1. The number of hydrogen-bond acceptors (Lipinski definition) is 4. The number of phenolic OH excluding ortho intramolecular Hbond substituents is 1. The van der Waals surface area contributed by atoms with Crippen LogP contribution in [0.5, 0.6) is 17.2 Å². The average molecular weight is 273 g/mol. The Morgan fingerprint density at radius 1 is 1.15 bits per heavy atom. The summed E-state index contributed by atoms with van der Waals surface area (Å²) in [6.07, 6.45) is 0. The van der Waals surface area contributed by atoms with E-state index in [0.717, 1.165) is 16.9 Å². The van der Waals surface area contributed by atoms with E-state index in [1.807, 2.05) is 37.3 Å². The number of methoxy groups -OCH3 is 1. The van der Waals surface area contributed by atoms with Gasteiger partial charge in [-0.15, -0.1) is 0 Å². The lowest BCUT2D eigenvalue weighted by Gasteiger charge is -2.15. The van der Waals surface area contributed by atoms with Gasteiger partial charge in [0, 0.05) is 17.7 Å². The molecule has 0 spiro atoms. The molecule has 3 N–H and O–H groups in total. The molecule has 2 rings (SSSR count). The molecule has 106 valence electrons. The molecule has 20 heavy (non-hydrogen) atoms. The zero-order valence-electron chi connectivity index (χ0n) is 11.7. The van der Waals surface area contributed by atoms with Crippen LogP contribution in [0.3, 0.4) is 0 Å². The van der Waals surface area contributed by atoms with E-state index in [1.54, 1.807) is 19.2 Å². The van der Waals surface area contributed by atoms with E-state index in [1.165, 1.54) is 0 Å². The third kappa shape index (κ3) is 3.42. The second kappa shape index (κ2) is 6.30. The quantitative estimate of drug-likeness (QED) is 0.879. The topological polar surface area (TPSA) is 64.7 Å². The summed E-state index contributed by atoms with van der Waals surface area (Å²) in [5.41, 5.74) is 7.85. The summed E-state index contributed by atoms with van der Waals surface area (Å²) in [6, 6.07) is 12.4. The number of ether oxygens (including phenoxy) is 2. The van der Waals surface area contributed by atoms with Crippen molar-refractivity contribution in [2.45, 2.75) is 19.6 Å². The first kappa shape index (κ1) is 14.2. The Hall–Kier alpha value is -2.20. The standard InChI is InChI=1S/C16H19NO3/c1-11(17)15-8-7-14(19-2)9-16(15)20-10-12-3-5-13(18)6-4-12/h3-9,11,18H,10,17H2,1-2H3/t11-/m0/s1. The molecule has 0 aromatic heterocycles. The van der Waals surface area contributed by atoms with Crippen molar-refractivity contribution in [3.8, 4) is 17.2 Å². The van der Waals surface area contributed by atoms with Crippen molar-refractivity contribution >= 4 is 0 Å². The van der Waals surface area contributed by atoms with Gasteiger partial charge in [0.1, 0.15) is 23.9 Å². The first-order valence-electron chi connectivity index (χ1n) is 6.44. The number of benzene rings is 2. The fourth-order valence-electron chi connectivity index (χ4n) is 1.90. The molecular formula is C16H19NO3. The summed E-state index contributed by atoms with van der Waals surface area (Å²) in [6.45, 7) is 2.32. The number of nitrogens with two attached hydrogens (primary N) is 1. The van der Waals surface area contributed by atoms with Crippen LogP contribution in [0.1, 0.15) is 24.1 Å². The maximum absolute atomic E-state index is 9.25. The fourth-order valence-corrected chi connectivity index (χ4v) is 1.90. The molecule has 1 atom stereocenters. The second-order valence-corrected chi connectivity index (χ2v) is 4.65. The van der Waals surface area contributed by atoms with Crippen molar-refractivity contribution in [1.82, 2.24) is 0 Å². The number of phenols is 1. The van der Waals surface area contributed by atoms with Crippen molar-refractivity contribution in [2.24, 2.45) is 5.73 Å². The lowest BCUT2D eigenvalue weighted by Crippen LogP contribution is -2.08. The molecule has 0 unspecified atom stereocenters. The third-order valence-corrected chi connectivity index (χ3v) is 3.04. The number of rotatable bonds is 5. The molecule has 0 aliphatic carbocycles. The highest BCUT2D eigenvalue weighted by atomic mass is 16.5. The van der Waals surface area contributed by atoms with Crippen LogP contribution in [0.2, 0.25) is 0 Å². The van der Waals surface area contributed by atoms with E-state index < -0.39 is 0 Å². The van der Waals surface area contributed by atoms with E-state index in [9.17, 15) is 5.11 Å². The van der Waals surface area contributed by atoms with Crippen molar-refractivity contribution in [1.29, 1.82) is 0 Å². The molecule has 4 heteroatoms. The zero-order chi connectivity index (χ0) is 14.5.